The smallest absolute Gasteiger partial charge is 0.406 e. The molecule has 2 amide bonds. The Kier molecular flexibility index (Phi) is 6.80. The van der Waals surface area contributed by atoms with Crippen LogP contribution in [0.4, 0.5) is 18.0 Å². The van der Waals surface area contributed by atoms with E-state index >= 15 is 0 Å². The summed E-state index contributed by atoms with van der Waals surface area (Å²) in [6.07, 6.45) is -4.76. The number of carbonyl (C=O) groups excluding carboxylic acids is 1. The van der Waals surface area contributed by atoms with Gasteiger partial charge in [-0.3, -0.25) is 0 Å². The van der Waals surface area contributed by atoms with E-state index in [0.717, 1.165) is 23.5 Å². The number of rotatable bonds is 5. The van der Waals surface area contributed by atoms with Gasteiger partial charge in [-0.2, -0.15) is 4.31 Å². The molecule has 0 spiro atoms. The lowest BCUT2D eigenvalue weighted by Crippen LogP contribution is -2.52. The van der Waals surface area contributed by atoms with E-state index in [1.807, 2.05) is 0 Å². The van der Waals surface area contributed by atoms with Gasteiger partial charge in [0.2, 0.25) is 0 Å². The largest absolute Gasteiger partial charge is 0.573 e. The van der Waals surface area contributed by atoms with Crippen LogP contribution in [-0.4, -0.2) is 56.2 Å². The van der Waals surface area contributed by atoms with Crippen molar-refractivity contribution in [1.82, 2.24) is 14.5 Å². The van der Waals surface area contributed by atoms with Crippen molar-refractivity contribution in [2.24, 2.45) is 0 Å². The minimum atomic E-state index is -4.76. The SMILES string of the molecule is O=C(NCc1ccc(OC(F)(F)F)cc1)N1CCN(S(=O)(=O)c2ccc(Cl)s2)CC1. The van der Waals surface area contributed by atoms with Crippen LogP contribution >= 0.6 is 22.9 Å². The standard InChI is InChI=1S/C17H17ClF3N3O4S2/c18-14-5-6-15(29-14)30(26,27)24-9-7-23(8-10-24)16(25)22-11-12-1-3-13(4-2-12)28-17(19,20)21/h1-6H,7-11H2,(H,22,25). The number of urea groups is 1. The van der Waals surface area contributed by atoms with Crippen LogP contribution in [0, 0.1) is 0 Å². The number of hydrogen-bond donors (Lipinski definition) is 1. The summed E-state index contributed by atoms with van der Waals surface area (Å²) >= 11 is 6.79. The van der Waals surface area contributed by atoms with Crippen LogP contribution in [0.2, 0.25) is 4.34 Å². The van der Waals surface area contributed by atoms with E-state index < -0.39 is 16.4 Å². The predicted molar refractivity (Wildman–Crippen MR) is 105 cm³/mol. The highest BCUT2D eigenvalue weighted by molar-refractivity contribution is 7.91. The number of nitrogens with one attached hydrogen (secondary N) is 1. The average Bonchev–Trinajstić information content (AvgIpc) is 3.13. The highest BCUT2D eigenvalue weighted by Crippen LogP contribution is 2.28. The summed E-state index contributed by atoms with van der Waals surface area (Å²) in [5.74, 6) is -0.345. The van der Waals surface area contributed by atoms with Crippen molar-refractivity contribution in [2.75, 3.05) is 26.2 Å². The number of sulfonamides is 1. The molecule has 2 aromatic rings. The number of ether oxygens (including phenoxy) is 1. The van der Waals surface area contributed by atoms with Gasteiger partial charge >= 0.3 is 12.4 Å². The van der Waals surface area contributed by atoms with Crippen LogP contribution in [0.3, 0.4) is 0 Å². The van der Waals surface area contributed by atoms with Crippen LogP contribution in [0.5, 0.6) is 5.75 Å². The van der Waals surface area contributed by atoms with E-state index in [9.17, 15) is 26.4 Å². The summed E-state index contributed by atoms with van der Waals surface area (Å²) in [6, 6.07) is 7.74. The zero-order valence-corrected chi connectivity index (χ0v) is 17.7. The van der Waals surface area contributed by atoms with Crippen molar-refractivity contribution in [3.8, 4) is 5.75 Å². The second-order valence-corrected chi connectivity index (χ2v) is 10.2. The van der Waals surface area contributed by atoms with Crippen molar-refractivity contribution in [3.63, 3.8) is 0 Å². The third-order valence-corrected chi connectivity index (χ3v) is 7.87. The van der Waals surface area contributed by atoms with Crippen molar-refractivity contribution < 1.29 is 31.1 Å². The second kappa shape index (κ2) is 9.00. The minimum Gasteiger partial charge on any atom is -0.406 e. The Bertz CT molecular complexity index is 988. The first-order chi connectivity index (χ1) is 14.0. The number of amides is 2. The Morgan fingerprint density at radius 3 is 2.27 bits per heavy atom. The van der Waals surface area contributed by atoms with Crippen molar-refractivity contribution in [3.05, 3.63) is 46.3 Å². The fourth-order valence-corrected chi connectivity index (χ4v) is 5.85. The number of benzene rings is 1. The summed E-state index contributed by atoms with van der Waals surface area (Å²) in [4.78, 5) is 13.8. The first-order valence-electron chi connectivity index (χ1n) is 8.67. The van der Waals surface area contributed by atoms with Crippen LogP contribution in [0.15, 0.2) is 40.6 Å². The summed E-state index contributed by atoms with van der Waals surface area (Å²) < 4.78 is 67.3. The normalized spacial score (nSPS) is 15.8. The number of thiophene rings is 1. The molecule has 30 heavy (non-hydrogen) atoms. The second-order valence-electron chi connectivity index (χ2n) is 6.30. The van der Waals surface area contributed by atoms with Crippen molar-refractivity contribution in [1.29, 1.82) is 0 Å². The van der Waals surface area contributed by atoms with Gasteiger partial charge in [0.05, 0.1) is 4.34 Å². The van der Waals surface area contributed by atoms with E-state index in [-0.39, 0.29) is 48.7 Å². The van der Waals surface area contributed by atoms with Gasteiger partial charge in [-0.25, -0.2) is 13.2 Å². The molecule has 1 fully saturated rings. The van der Waals surface area contributed by atoms with Crippen LogP contribution < -0.4 is 10.1 Å². The monoisotopic (exact) mass is 483 g/mol. The molecule has 164 valence electrons. The molecule has 1 aromatic heterocycles. The summed E-state index contributed by atoms with van der Waals surface area (Å²) in [7, 11) is -3.65. The number of carbonyl (C=O) groups is 1. The molecule has 0 bridgehead atoms. The first kappa shape index (κ1) is 22.7. The van der Waals surface area contributed by atoms with Crippen LogP contribution in [0.1, 0.15) is 5.56 Å². The zero-order chi connectivity index (χ0) is 21.9. The molecule has 3 rings (SSSR count). The summed E-state index contributed by atoms with van der Waals surface area (Å²) in [6.45, 7) is 0.825. The molecule has 7 nitrogen and oxygen atoms in total. The van der Waals surface area contributed by atoms with Gasteiger partial charge in [-0.15, -0.1) is 24.5 Å². The summed E-state index contributed by atoms with van der Waals surface area (Å²) in [5.41, 5.74) is 0.591. The van der Waals surface area contributed by atoms with E-state index in [1.165, 1.54) is 33.5 Å². The predicted octanol–water partition coefficient (Wildman–Crippen LogP) is 3.52. The fraction of sp³-hybridized carbons (Fsp3) is 0.353. The molecule has 13 heteroatoms. The third kappa shape index (κ3) is 5.78. The number of alkyl halides is 3. The maximum atomic E-state index is 12.6. The molecule has 1 saturated heterocycles. The first-order valence-corrected chi connectivity index (χ1v) is 11.3. The van der Waals surface area contributed by atoms with Gasteiger partial charge in [0, 0.05) is 32.7 Å². The number of hydrogen-bond acceptors (Lipinski definition) is 5. The Morgan fingerprint density at radius 1 is 1.10 bits per heavy atom. The Morgan fingerprint density at radius 2 is 1.73 bits per heavy atom. The minimum absolute atomic E-state index is 0.108. The highest BCUT2D eigenvalue weighted by atomic mass is 35.5. The Labute approximate surface area is 180 Å². The average molecular weight is 484 g/mol. The summed E-state index contributed by atoms with van der Waals surface area (Å²) in [5, 5.41) is 2.67. The van der Waals surface area contributed by atoms with E-state index in [1.54, 1.807) is 0 Å². The molecular weight excluding hydrogens is 467 g/mol. The van der Waals surface area contributed by atoms with Crippen LogP contribution in [0.25, 0.3) is 0 Å². The van der Waals surface area contributed by atoms with Gasteiger partial charge < -0.3 is 15.0 Å². The van der Waals surface area contributed by atoms with Crippen LogP contribution in [-0.2, 0) is 16.6 Å². The highest BCUT2D eigenvalue weighted by Gasteiger charge is 2.32. The van der Waals surface area contributed by atoms with E-state index in [2.05, 4.69) is 10.1 Å². The van der Waals surface area contributed by atoms with E-state index in [0.29, 0.717) is 9.90 Å². The van der Waals surface area contributed by atoms with Gasteiger partial charge in [0.1, 0.15) is 9.96 Å². The molecule has 0 radical (unpaired) electrons. The van der Waals surface area contributed by atoms with Gasteiger partial charge in [-0.1, -0.05) is 23.7 Å². The lowest BCUT2D eigenvalue weighted by atomic mass is 10.2. The molecule has 0 aliphatic carbocycles. The third-order valence-electron chi connectivity index (χ3n) is 4.27. The lowest BCUT2D eigenvalue weighted by Gasteiger charge is -2.33. The topological polar surface area (TPSA) is 79.0 Å². The number of nitrogens with zero attached hydrogens (tertiary/aromatic N) is 2. The molecule has 1 aromatic carbocycles. The molecular formula is C17H17ClF3N3O4S2. The molecule has 1 aliphatic heterocycles. The zero-order valence-electron chi connectivity index (χ0n) is 15.4. The maximum Gasteiger partial charge on any atom is 0.573 e. The molecule has 0 atom stereocenters. The quantitative estimate of drug-likeness (QED) is 0.706. The fourth-order valence-electron chi connectivity index (χ4n) is 2.79. The van der Waals surface area contributed by atoms with Gasteiger partial charge in [0.15, 0.2) is 0 Å². The maximum absolute atomic E-state index is 12.6. The molecule has 0 unspecified atom stereocenters. The molecule has 1 aliphatic rings. The van der Waals surface area contributed by atoms with Gasteiger partial charge in [0.25, 0.3) is 10.0 Å². The van der Waals surface area contributed by atoms with E-state index in [4.69, 9.17) is 11.6 Å². The molecule has 1 N–H and O–H groups in total. The van der Waals surface area contributed by atoms with Crippen molar-refractivity contribution >= 4 is 39.0 Å². The Hall–Kier alpha value is -2.02. The number of piperazine rings is 1. The Balaban J connectivity index is 1.49. The number of halogens is 4. The molecule has 0 saturated carbocycles. The molecule has 2 heterocycles. The van der Waals surface area contributed by atoms with Crippen molar-refractivity contribution in [2.45, 2.75) is 17.1 Å². The van der Waals surface area contributed by atoms with Gasteiger partial charge in [-0.05, 0) is 29.8 Å². The lowest BCUT2D eigenvalue weighted by molar-refractivity contribution is -0.274.